The van der Waals surface area contributed by atoms with E-state index in [0.29, 0.717) is 49.9 Å². The van der Waals surface area contributed by atoms with Crippen molar-refractivity contribution >= 4 is 17.5 Å². The van der Waals surface area contributed by atoms with Crippen molar-refractivity contribution in [3.05, 3.63) is 65.3 Å². The Bertz CT molecular complexity index is 1390. The summed E-state index contributed by atoms with van der Waals surface area (Å²) in [6.45, 7) is 9.77. The van der Waals surface area contributed by atoms with E-state index in [0.717, 1.165) is 43.7 Å². The van der Waals surface area contributed by atoms with Crippen LogP contribution in [0.5, 0.6) is 5.75 Å². The predicted octanol–water partition coefficient (Wildman–Crippen LogP) is 3.79. The van der Waals surface area contributed by atoms with E-state index in [2.05, 4.69) is 38.2 Å². The van der Waals surface area contributed by atoms with Gasteiger partial charge in [-0.05, 0) is 55.4 Å². The summed E-state index contributed by atoms with van der Waals surface area (Å²) in [6, 6.07) is 5.96. The summed E-state index contributed by atoms with van der Waals surface area (Å²) in [5.41, 5.74) is 4.00. The maximum absolute atomic E-state index is 12.9. The van der Waals surface area contributed by atoms with Gasteiger partial charge in [0.2, 0.25) is 5.91 Å². The Hall–Kier alpha value is -3.83. The van der Waals surface area contributed by atoms with E-state index >= 15 is 0 Å². The van der Waals surface area contributed by atoms with Crippen molar-refractivity contribution in [3.8, 4) is 5.75 Å². The molecule has 230 valence electrons. The van der Waals surface area contributed by atoms with Crippen LogP contribution in [-0.4, -0.2) is 79.9 Å². The maximum Gasteiger partial charge on any atom is 0.225 e. The van der Waals surface area contributed by atoms with Crippen molar-refractivity contribution in [3.63, 3.8) is 0 Å². The first-order valence-electron chi connectivity index (χ1n) is 15.2. The molecule has 0 saturated carbocycles. The van der Waals surface area contributed by atoms with E-state index in [1.807, 2.05) is 24.8 Å². The highest BCUT2D eigenvalue weighted by atomic mass is 16.5. The van der Waals surface area contributed by atoms with Gasteiger partial charge in [0.25, 0.3) is 0 Å². The largest absolute Gasteiger partial charge is 0.485 e. The number of ketones is 1. The highest BCUT2D eigenvalue weighted by Crippen LogP contribution is 2.30. The van der Waals surface area contributed by atoms with Gasteiger partial charge < -0.3 is 24.5 Å². The number of carbonyl (C=O) groups is 2. The molecule has 11 heteroatoms. The van der Waals surface area contributed by atoms with Crippen LogP contribution < -0.4 is 10.1 Å². The molecule has 1 aromatic carbocycles. The molecule has 0 bridgehead atoms. The number of fused-ring (bicyclic) bond motifs is 1. The third-order valence-electron chi connectivity index (χ3n) is 8.35. The molecule has 3 aromatic rings. The first-order chi connectivity index (χ1) is 20.8. The molecule has 4 heterocycles. The summed E-state index contributed by atoms with van der Waals surface area (Å²) < 4.78 is 11.2. The first-order valence-corrected chi connectivity index (χ1v) is 15.2. The van der Waals surface area contributed by atoms with Gasteiger partial charge in [0.1, 0.15) is 30.2 Å². The van der Waals surface area contributed by atoms with Gasteiger partial charge in [0, 0.05) is 57.2 Å². The number of rotatable bonds is 12. The van der Waals surface area contributed by atoms with E-state index in [9.17, 15) is 14.7 Å². The molecule has 2 aliphatic heterocycles. The quantitative estimate of drug-likeness (QED) is 0.300. The average molecular weight is 591 g/mol. The topological polar surface area (TPSA) is 134 Å². The highest BCUT2D eigenvalue weighted by Gasteiger charge is 2.25. The van der Waals surface area contributed by atoms with Gasteiger partial charge >= 0.3 is 0 Å². The van der Waals surface area contributed by atoms with Crippen molar-refractivity contribution in [2.75, 3.05) is 31.5 Å². The second kappa shape index (κ2) is 14.1. The molecule has 2 N–H and O–H groups in total. The van der Waals surface area contributed by atoms with E-state index in [-0.39, 0.29) is 30.1 Å². The number of piperidine rings is 1. The van der Waals surface area contributed by atoms with Crippen LogP contribution in [0.4, 0.5) is 5.82 Å². The molecule has 0 radical (unpaired) electrons. The molecule has 1 fully saturated rings. The minimum atomic E-state index is -0.616. The normalized spacial score (nSPS) is 16.6. The maximum atomic E-state index is 12.9. The second-order valence-electron chi connectivity index (χ2n) is 11.9. The molecular weight excluding hydrogens is 548 g/mol. The van der Waals surface area contributed by atoms with Crippen LogP contribution in [-0.2, 0) is 24.4 Å². The molecule has 2 aliphatic rings. The summed E-state index contributed by atoms with van der Waals surface area (Å²) in [5, 5.41) is 14.2. The fraction of sp³-hybridized carbons (Fsp3) is 0.531. The summed E-state index contributed by atoms with van der Waals surface area (Å²) in [5.74, 6) is 2.22. The summed E-state index contributed by atoms with van der Waals surface area (Å²) in [7, 11) is 0. The monoisotopic (exact) mass is 590 g/mol. The van der Waals surface area contributed by atoms with Gasteiger partial charge in [-0.25, -0.2) is 15.0 Å². The fourth-order valence-corrected chi connectivity index (χ4v) is 5.87. The number of amides is 1. The number of Topliss-reactive ketones (excluding diaryl/α,β-unsaturated/α-hetero) is 1. The number of anilines is 1. The van der Waals surface area contributed by atoms with Crippen LogP contribution in [0, 0.1) is 12.8 Å². The zero-order valence-corrected chi connectivity index (χ0v) is 25.3. The lowest BCUT2D eigenvalue weighted by Gasteiger charge is -2.33. The van der Waals surface area contributed by atoms with Crippen molar-refractivity contribution in [2.24, 2.45) is 5.92 Å². The number of aliphatic hydroxyl groups is 1. The standard InChI is InChI=1S/C32H42N6O5/c1-21(2)32(41)38-12-8-24(9-13-38)36-31-14-28(34-19-35-31)29(40)6-5-25(39)17-37-11-10-27-22(3)30(7-4-23(27)16-37)42-18-26-15-33-20-43-26/h4,7,14-15,19-21,24-25,39H,5-6,8-13,16-18H2,1-3H3,(H,34,35,36)/t25-/m0/s1. The van der Waals surface area contributed by atoms with Crippen molar-refractivity contribution in [1.82, 2.24) is 24.8 Å². The number of likely N-dealkylation sites (tertiary alicyclic amines) is 1. The van der Waals surface area contributed by atoms with Gasteiger partial charge in [-0.15, -0.1) is 0 Å². The molecule has 1 saturated heterocycles. The molecule has 43 heavy (non-hydrogen) atoms. The van der Waals surface area contributed by atoms with Crippen LogP contribution in [0.15, 0.2) is 41.5 Å². The second-order valence-corrected chi connectivity index (χ2v) is 11.9. The van der Waals surface area contributed by atoms with E-state index in [1.165, 1.54) is 23.8 Å². The lowest BCUT2D eigenvalue weighted by atomic mass is 9.94. The Labute approximate surface area is 252 Å². The summed E-state index contributed by atoms with van der Waals surface area (Å²) in [4.78, 5) is 41.7. The number of nitrogens with zero attached hydrogens (tertiary/aromatic N) is 5. The molecule has 1 amide bonds. The van der Waals surface area contributed by atoms with Crippen LogP contribution in [0.25, 0.3) is 0 Å². The fourth-order valence-electron chi connectivity index (χ4n) is 5.87. The number of carbonyl (C=O) groups excluding carboxylic acids is 2. The van der Waals surface area contributed by atoms with Crippen LogP contribution >= 0.6 is 0 Å². The van der Waals surface area contributed by atoms with E-state index in [4.69, 9.17) is 9.15 Å². The van der Waals surface area contributed by atoms with Crippen LogP contribution in [0.1, 0.15) is 72.5 Å². The molecule has 0 unspecified atom stereocenters. The van der Waals surface area contributed by atoms with Gasteiger partial charge in [-0.2, -0.15) is 0 Å². The molecule has 11 nitrogen and oxygen atoms in total. The first kappa shape index (κ1) is 30.6. The van der Waals surface area contributed by atoms with E-state index in [1.54, 1.807) is 12.3 Å². The number of aliphatic hydroxyl groups excluding tert-OH is 1. The summed E-state index contributed by atoms with van der Waals surface area (Å²) >= 11 is 0. The van der Waals surface area contributed by atoms with E-state index < -0.39 is 6.10 Å². The number of aromatic nitrogens is 3. The zero-order chi connectivity index (χ0) is 30.3. The third kappa shape index (κ3) is 7.97. The van der Waals surface area contributed by atoms with Gasteiger partial charge in [-0.3, -0.25) is 14.5 Å². The van der Waals surface area contributed by atoms with Gasteiger partial charge in [-0.1, -0.05) is 19.9 Å². The number of benzene rings is 1. The van der Waals surface area contributed by atoms with Crippen molar-refractivity contribution < 1.29 is 23.8 Å². The molecule has 1 atom stereocenters. The zero-order valence-electron chi connectivity index (χ0n) is 25.3. The Balaban J connectivity index is 1.06. The van der Waals surface area contributed by atoms with Crippen LogP contribution in [0.2, 0.25) is 0 Å². The smallest absolute Gasteiger partial charge is 0.225 e. The number of β-amino-alcohol motifs (C(OH)–C–C–N with tert-alkyl or cyclic N) is 1. The number of nitrogens with one attached hydrogen (secondary N) is 1. The number of hydrogen-bond donors (Lipinski definition) is 2. The minimum absolute atomic E-state index is 0.00527. The molecule has 2 aromatic heterocycles. The van der Waals surface area contributed by atoms with Gasteiger partial charge in [0.15, 0.2) is 17.9 Å². The number of ether oxygens (including phenoxy) is 1. The SMILES string of the molecule is Cc1c(OCc2cnco2)ccc2c1CCN(C[C@@H](O)CCC(=O)c1cc(NC3CCN(C(=O)C(C)C)CC3)ncn1)C2. The Morgan fingerprint density at radius 2 is 2.00 bits per heavy atom. The Morgan fingerprint density at radius 1 is 1.19 bits per heavy atom. The number of oxazole rings is 1. The predicted molar refractivity (Wildman–Crippen MR) is 161 cm³/mol. The van der Waals surface area contributed by atoms with Crippen molar-refractivity contribution in [2.45, 2.75) is 78.2 Å². The number of hydrogen-bond acceptors (Lipinski definition) is 10. The van der Waals surface area contributed by atoms with Gasteiger partial charge in [0.05, 0.1) is 12.3 Å². The Kier molecular flexibility index (Phi) is 10.0. The highest BCUT2D eigenvalue weighted by molar-refractivity contribution is 5.94. The van der Waals surface area contributed by atoms with Crippen LogP contribution in [0.3, 0.4) is 0 Å². The molecule has 0 aliphatic carbocycles. The minimum Gasteiger partial charge on any atom is -0.485 e. The molecule has 5 rings (SSSR count). The lowest BCUT2D eigenvalue weighted by Crippen LogP contribution is -2.44. The Morgan fingerprint density at radius 3 is 2.74 bits per heavy atom. The summed E-state index contributed by atoms with van der Waals surface area (Å²) in [6.07, 6.45) is 6.94. The van der Waals surface area contributed by atoms with Crippen molar-refractivity contribution in [1.29, 1.82) is 0 Å². The lowest BCUT2D eigenvalue weighted by molar-refractivity contribution is -0.135. The average Bonchev–Trinajstić information content (AvgIpc) is 3.53. The third-order valence-corrected chi connectivity index (χ3v) is 8.35. The molecular formula is C32H42N6O5. The molecule has 0 spiro atoms.